The fraction of sp³-hybridized carbons (Fsp3) is 0.385. The van der Waals surface area contributed by atoms with Crippen molar-refractivity contribution in [1.82, 2.24) is 14.9 Å². The van der Waals surface area contributed by atoms with Crippen LogP contribution in [0.15, 0.2) is 34.2 Å². The number of aryl methyl sites for hydroxylation is 1. The van der Waals surface area contributed by atoms with Gasteiger partial charge in [0.25, 0.3) is 10.0 Å². The van der Waals surface area contributed by atoms with E-state index in [1.165, 1.54) is 17.0 Å². The van der Waals surface area contributed by atoms with E-state index in [0.29, 0.717) is 0 Å². The molecule has 0 bridgehead atoms. The topological polar surface area (TPSA) is 114 Å². The number of nitrogens with zero attached hydrogens (tertiary/aromatic N) is 2. The Morgan fingerprint density at radius 2 is 1.92 bits per heavy atom. The number of hydrogen-bond donors (Lipinski definition) is 2. The largest absolute Gasteiger partial charge is 0.549 e. The zero-order valence-electron chi connectivity index (χ0n) is 13.1. The molecule has 1 aromatic rings. The highest BCUT2D eigenvalue weighted by atomic mass is 127. The molecule has 0 spiro atoms. The second-order valence-electron chi connectivity index (χ2n) is 4.85. The standard InChI is InChI=1S/C12H16N4O4S.CHI3/c1-9-2-4-10(5-3-9)21(19,20)15-12-13-7-16(8-14-12)6-11(17)18;2-1(3)4/h2-5H,6-8H2,1H3,(H,17,18)(H2,13,14,15);1H/p-1. The summed E-state index contributed by atoms with van der Waals surface area (Å²) in [5, 5.41) is 13.2. The number of carbonyl (C=O) groups is 1. The molecule has 2 N–H and O–H groups in total. The first-order valence-electron chi connectivity index (χ1n) is 6.82. The first kappa shape index (κ1) is 23.1. The number of halogens is 3. The number of carboxylic acid groups (broad SMARTS) is 1. The third-order valence-electron chi connectivity index (χ3n) is 2.81. The van der Waals surface area contributed by atoms with Crippen LogP contribution in [0.3, 0.4) is 0 Å². The molecule has 0 atom stereocenters. The number of aliphatic carboxylic acids is 1. The molecule has 0 radical (unpaired) electrons. The second kappa shape index (κ2) is 11.0. The van der Waals surface area contributed by atoms with Crippen LogP contribution >= 0.6 is 67.8 Å². The molecule has 0 saturated carbocycles. The Balaban J connectivity index is 0.000000705. The summed E-state index contributed by atoms with van der Waals surface area (Å²) in [7, 11) is -3.71. The molecular formula is C13H16I3N4O4S-. The Hall–Kier alpha value is 0.0600. The van der Waals surface area contributed by atoms with E-state index in [2.05, 4.69) is 82.8 Å². The van der Waals surface area contributed by atoms with E-state index in [9.17, 15) is 18.3 Å². The van der Waals surface area contributed by atoms with E-state index < -0.39 is 16.0 Å². The Labute approximate surface area is 187 Å². The predicted molar refractivity (Wildman–Crippen MR) is 119 cm³/mol. The molecule has 0 saturated heterocycles. The van der Waals surface area contributed by atoms with E-state index >= 15 is 0 Å². The molecule has 1 heterocycles. The number of carbonyl (C=O) groups excluding carboxylic acids is 1. The van der Waals surface area contributed by atoms with Crippen LogP contribution in [0.25, 0.3) is 0 Å². The molecule has 2 rings (SSSR count). The number of benzene rings is 1. The smallest absolute Gasteiger partial charge is 0.264 e. The van der Waals surface area contributed by atoms with Gasteiger partial charge in [-0.15, -0.1) is 0 Å². The summed E-state index contributed by atoms with van der Waals surface area (Å²) < 4.78 is 27.3. The molecule has 0 unspecified atom stereocenters. The number of hydrogen-bond acceptors (Lipinski definition) is 7. The first-order valence-corrected chi connectivity index (χ1v) is 12.0. The summed E-state index contributed by atoms with van der Waals surface area (Å²) in [5.74, 6) is -1.12. The number of nitrogens with one attached hydrogen (secondary N) is 2. The quantitative estimate of drug-likeness (QED) is 0.354. The van der Waals surface area contributed by atoms with Crippen molar-refractivity contribution in [2.45, 2.75) is 11.8 Å². The minimum atomic E-state index is -3.71. The van der Waals surface area contributed by atoms with Gasteiger partial charge in [0.1, 0.15) is -0.0619 Å². The molecule has 1 aromatic carbocycles. The van der Waals surface area contributed by atoms with E-state index in [0.717, 1.165) is 5.50 Å². The number of guanidine groups is 1. The maximum atomic E-state index is 12.1. The summed E-state index contributed by atoms with van der Waals surface area (Å²) in [4.78, 5) is 16.0. The van der Waals surface area contributed by atoms with Crippen molar-refractivity contribution < 1.29 is 18.3 Å². The normalized spacial score (nSPS) is 14.8. The van der Waals surface area contributed by atoms with Gasteiger partial charge in [-0.2, -0.15) is 0 Å². The molecule has 0 aromatic heterocycles. The van der Waals surface area contributed by atoms with E-state index in [4.69, 9.17) is 0 Å². The fourth-order valence-electron chi connectivity index (χ4n) is 1.72. The second-order valence-corrected chi connectivity index (χ2v) is 17.4. The van der Waals surface area contributed by atoms with E-state index in [1.54, 1.807) is 12.1 Å². The molecule has 25 heavy (non-hydrogen) atoms. The van der Waals surface area contributed by atoms with Crippen molar-refractivity contribution in [2.75, 3.05) is 19.9 Å². The maximum absolute atomic E-state index is 12.1. The lowest BCUT2D eigenvalue weighted by atomic mass is 10.2. The lowest BCUT2D eigenvalue weighted by molar-refractivity contribution is -0.306. The Bertz CT molecular complexity index is 708. The van der Waals surface area contributed by atoms with Gasteiger partial charge in [-0.1, -0.05) is 85.5 Å². The number of sulfonamides is 1. The van der Waals surface area contributed by atoms with Crippen LogP contribution in [-0.2, 0) is 14.8 Å². The molecule has 0 aliphatic carbocycles. The highest BCUT2D eigenvalue weighted by Crippen LogP contribution is 2.16. The molecule has 12 heteroatoms. The summed E-state index contributed by atoms with van der Waals surface area (Å²) in [6.07, 6.45) is 0. The SMILES string of the molecule is Cc1ccc(S(=O)(=O)NC2=NCN(CC(=O)[O-])CN2)cc1.IC(I)I. The molecule has 8 nitrogen and oxygen atoms in total. The van der Waals surface area contributed by atoms with Crippen molar-refractivity contribution >= 4 is 89.7 Å². The molecule has 140 valence electrons. The van der Waals surface area contributed by atoms with Crippen LogP contribution in [0.1, 0.15) is 5.56 Å². The molecular weight excluding hydrogens is 689 g/mol. The summed E-state index contributed by atoms with van der Waals surface area (Å²) >= 11 is 6.95. The van der Waals surface area contributed by atoms with Gasteiger partial charge in [0.15, 0.2) is 0 Å². The summed E-state index contributed by atoms with van der Waals surface area (Å²) in [5.41, 5.74) is 0.958. The van der Waals surface area contributed by atoms with Crippen LogP contribution in [0.2, 0.25) is 0 Å². The minimum absolute atomic E-state index is 0.0761. The fourth-order valence-corrected chi connectivity index (χ4v) is 2.73. The first-order chi connectivity index (χ1) is 11.6. The van der Waals surface area contributed by atoms with Gasteiger partial charge in [-0.05, 0) is 19.1 Å². The molecule has 0 amide bonds. The Morgan fingerprint density at radius 3 is 2.36 bits per heavy atom. The Kier molecular flexibility index (Phi) is 10.2. The van der Waals surface area contributed by atoms with Gasteiger partial charge < -0.3 is 15.2 Å². The Morgan fingerprint density at radius 1 is 1.36 bits per heavy atom. The number of alkyl halides is 3. The van der Waals surface area contributed by atoms with Crippen LogP contribution < -0.4 is 15.1 Å². The maximum Gasteiger partial charge on any atom is 0.264 e. The molecule has 0 fully saturated rings. The van der Waals surface area contributed by atoms with Crippen LogP contribution in [0, 0.1) is 6.92 Å². The minimum Gasteiger partial charge on any atom is -0.549 e. The summed E-state index contributed by atoms with van der Waals surface area (Å²) in [6.45, 7) is 1.84. The van der Waals surface area contributed by atoms with E-state index in [-0.39, 0.29) is 30.7 Å². The lowest BCUT2D eigenvalue weighted by Gasteiger charge is -2.27. The van der Waals surface area contributed by atoms with Gasteiger partial charge in [0.2, 0.25) is 5.96 Å². The monoisotopic (exact) mass is 705 g/mol. The zero-order valence-corrected chi connectivity index (χ0v) is 20.4. The van der Waals surface area contributed by atoms with Crippen LogP contribution in [0.4, 0.5) is 0 Å². The van der Waals surface area contributed by atoms with Gasteiger partial charge >= 0.3 is 0 Å². The third-order valence-corrected chi connectivity index (χ3v) is 4.17. The highest BCUT2D eigenvalue weighted by molar-refractivity contribution is 14.3. The average Bonchev–Trinajstić information content (AvgIpc) is 2.48. The lowest BCUT2D eigenvalue weighted by Crippen LogP contribution is -2.52. The molecule has 1 aliphatic rings. The van der Waals surface area contributed by atoms with Gasteiger partial charge in [-0.25, -0.2) is 18.1 Å². The third kappa shape index (κ3) is 9.53. The van der Waals surface area contributed by atoms with Crippen molar-refractivity contribution in [3.63, 3.8) is 0 Å². The van der Waals surface area contributed by atoms with Gasteiger partial charge in [0, 0.05) is 6.54 Å². The van der Waals surface area contributed by atoms with Gasteiger partial charge in [-0.3, -0.25) is 4.90 Å². The number of rotatable bonds is 4. The predicted octanol–water partition coefficient (Wildman–Crippen LogP) is 0.774. The van der Waals surface area contributed by atoms with Crippen molar-refractivity contribution in [1.29, 1.82) is 0 Å². The molecule has 1 aliphatic heterocycles. The van der Waals surface area contributed by atoms with Crippen LogP contribution in [0.5, 0.6) is 0 Å². The summed E-state index contributed by atoms with van der Waals surface area (Å²) in [6, 6.07) is 6.41. The van der Waals surface area contributed by atoms with Crippen molar-refractivity contribution in [3.8, 4) is 0 Å². The number of aliphatic imine (C=N–C) groups is 1. The van der Waals surface area contributed by atoms with Crippen LogP contribution in [-0.4, -0.2) is 45.1 Å². The average molecular weight is 705 g/mol. The number of carboxylic acids is 1. The zero-order chi connectivity index (χ0) is 19.0. The van der Waals surface area contributed by atoms with Gasteiger partial charge in [0.05, 0.1) is 24.2 Å². The van der Waals surface area contributed by atoms with Crippen molar-refractivity contribution in [2.24, 2.45) is 4.99 Å². The van der Waals surface area contributed by atoms with Crippen molar-refractivity contribution in [3.05, 3.63) is 29.8 Å². The van der Waals surface area contributed by atoms with E-state index in [1.807, 2.05) is 6.92 Å². The highest BCUT2D eigenvalue weighted by Gasteiger charge is 2.19.